The first-order valence-electron chi connectivity index (χ1n) is 9.60. The van der Waals surface area contributed by atoms with E-state index in [9.17, 15) is 14.4 Å². The molecule has 0 atom stereocenters. The molecular weight excluding hydrogens is 366 g/mol. The zero-order valence-electron chi connectivity index (χ0n) is 15.7. The minimum absolute atomic E-state index is 0.0933. The van der Waals surface area contributed by atoms with Gasteiger partial charge in [0.2, 0.25) is 5.91 Å². The molecule has 0 spiro atoms. The van der Waals surface area contributed by atoms with E-state index < -0.39 is 5.91 Å². The first-order valence-corrected chi connectivity index (χ1v) is 10.4. The van der Waals surface area contributed by atoms with Crippen LogP contribution in [0.15, 0.2) is 0 Å². The molecule has 1 aromatic rings. The standard InChI is InChI=1S/C19H27N3O4S/c1-2-26-16(24)11-22(9-12-7-8-12)10-15(23)21-19-17(18(20)25)13-5-3-4-6-14(13)27-19/h12H,2-11H2,1H3,(H2,20,25)(H,21,23). The SMILES string of the molecule is CCOC(=O)CN(CC(=O)Nc1sc2c(c1C(N)=O)CCCC2)CC1CC1. The van der Waals surface area contributed by atoms with Crippen LogP contribution in [0.25, 0.3) is 0 Å². The van der Waals surface area contributed by atoms with E-state index in [2.05, 4.69) is 5.32 Å². The molecule has 0 aromatic carbocycles. The Kier molecular flexibility index (Phi) is 6.49. The number of nitrogens with zero attached hydrogens (tertiary/aromatic N) is 1. The van der Waals surface area contributed by atoms with Crippen molar-refractivity contribution < 1.29 is 19.1 Å². The van der Waals surface area contributed by atoms with Crippen LogP contribution in [0.4, 0.5) is 5.00 Å². The van der Waals surface area contributed by atoms with Gasteiger partial charge in [0.15, 0.2) is 0 Å². The minimum Gasteiger partial charge on any atom is -0.465 e. The molecule has 148 valence electrons. The van der Waals surface area contributed by atoms with E-state index in [-0.39, 0.29) is 25.0 Å². The van der Waals surface area contributed by atoms with Crippen molar-refractivity contribution in [2.45, 2.75) is 45.4 Å². The Balaban J connectivity index is 1.67. The first kappa shape index (κ1) is 19.8. The predicted molar refractivity (Wildman–Crippen MR) is 104 cm³/mol. The highest BCUT2D eigenvalue weighted by atomic mass is 32.1. The molecule has 1 saturated carbocycles. The van der Waals surface area contributed by atoms with Gasteiger partial charge in [-0.25, -0.2) is 0 Å². The molecule has 2 amide bonds. The number of primary amides is 1. The van der Waals surface area contributed by atoms with Gasteiger partial charge < -0.3 is 15.8 Å². The Hall–Kier alpha value is -1.93. The maximum Gasteiger partial charge on any atom is 0.320 e. The summed E-state index contributed by atoms with van der Waals surface area (Å²) < 4.78 is 5.01. The van der Waals surface area contributed by atoms with Gasteiger partial charge in [-0.2, -0.15) is 0 Å². The van der Waals surface area contributed by atoms with Crippen LogP contribution in [0.3, 0.4) is 0 Å². The van der Waals surface area contributed by atoms with Crippen molar-refractivity contribution in [1.29, 1.82) is 0 Å². The third-order valence-electron chi connectivity index (χ3n) is 4.91. The summed E-state index contributed by atoms with van der Waals surface area (Å²) in [7, 11) is 0. The van der Waals surface area contributed by atoms with Crippen LogP contribution in [0, 0.1) is 5.92 Å². The van der Waals surface area contributed by atoms with E-state index in [0.29, 0.717) is 29.6 Å². The maximum absolute atomic E-state index is 12.6. The van der Waals surface area contributed by atoms with Crippen molar-refractivity contribution in [3.8, 4) is 0 Å². The average Bonchev–Trinajstić information content (AvgIpc) is 3.32. The summed E-state index contributed by atoms with van der Waals surface area (Å²) in [6.07, 6.45) is 6.14. The lowest BCUT2D eigenvalue weighted by molar-refractivity contribution is -0.144. The molecule has 0 aliphatic heterocycles. The highest BCUT2D eigenvalue weighted by Gasteiger charge is 2.28. The van der Waals surface area contributed by atoms with Gasteiger partial charge in [0, 0.05) is 11.4 Å². The third-order valence-corrected chi connectivity index (χ3v) is 6.12. The number of hydrogen-bond donors (Lipinski definition) is 2. The molecule has 1 heterocycles. The number of nitrogens with one attached hydrogen (secondary N) is 1. The Bertz CT molecular complexity index is 727. The number of carbonyl (C=O) groups is 3. The Morgan fingerprint density at radius 2 is 1.96 bits per heavy atom. The summed E-state index contributed by atoms with van der Waals surface area (Å²) >= 11 is 1.45. The van der Waals surface area contributed by atoms with E-state index in [1.54, 1.807) is 6.92 Å². The number of fused-ring (bicyclic) bond motifs is 1. The second-order valence-electron chi connectivity index (χ2n) is 7.25. The maximum atomic E-state index is 12.6. The summed E-state index contributed by atoms with van der Waals surface area (Å²) in [5.74, 6) is -0.509. The van der Waals surface area contributed by atoms with Gasteiger partial charge in [-0.1, -0.05) is 0 Å². The molecule has 27 heavy (non-hydrogen) atoms. The first-order chi connectivity index (χ1) is 13.0. The number of hydrogen-bond acceptors (Lipinski definition) is 6. The van der Waals surface area contributed by atoms with E-state index in [1.165, 1.54) is 11.3 Å². The fourth-order valence-corrected chi connectivity index (χ4v) is 4.83. The molecule has 1 fully saturated rings. The molecule has 3 N–H and O–H groups in total. The molecule has 7 nitrogen and oxygen atoms in total. The molecular formula is C19H27N3O4S. The van der Waals surface area contributed by atoms with E-state index >= 15 is 0 Å². The van der Waals surface area contributed by atoms with E-state index in [4.69, 9.17) is 10.5 Å². The lowest BCUT2D eigenvalue weighted by Crippen LogP contribution is -2.39. The molecule has 3 rings (SSSR count). The number of nitrogens with two attached hydrogens (primary N) is 1. The number of carbonyl (C=O) groups excluding carboxylic acids is 3. The van der Waals surface area contributed by atoms with Crippen molar-refractivity contribution in [2.24, 2.45) is 11.7 Å². The lowest BCUT2D eigenvalue weighted by Gasteiger charge is -2.20. The van der Waals surface area contributed by atoms with E-state index in [1.807, 2.05) is 4.90 Å². The second kappa shape index (κ2) is 8.84. The highest BCUT2D eigenvalue weighted by molar-refractivity contribution is 7.17. The van der Waals surface area contributed by atoms with Crippen LogP contribution in [-0.4, -0.2) is 48.9 Å². The van der Waals surface area contributed by atoms with E-state index in [0.717, 1.165) is 49.0 Å². The number of ether oxygens (including phenoxy) is 1. The van der Waals surface area contributed by atoms with Crippen LogP contribution in [0.5, 0.6) is 0 Å². The topological polar surface area (TPSA) is 102 Å². The normalized spacial score (nSPS) is 16.1. The molecule has 0 unspecified atom stereocenters. The van der Waals surface area contributed by atoms with Crippen LogP contribution >= 0.6 is 11.3 Å². The Morgan fingerprint density at radius 1 is 1.22 bits per heavy atom. The molecule has 0 saturated heterocycles. The van der Waals surface area contributed by atoms with Gasteiger partial charge in [-0.15, -0.1) is 11.3 Å². The van der Waals surface area contributed by atoms with Crippen molar-refractivity contribution in [3.05, 3.63) is 16.0 Å². The summed E-state index contributed by atoms with van der Waals surface area (Å²) in [6, 6.07) is 0. The van der Waals surface area contributed by atoms with Gasteiger partial charge in [0.05, 0.1) is 25.3 Å². The molecule has 0 bridgehead atoms. The number of thiophene rings is 1. The smallest absolute Gasteiger partial charge is 0.320 e. The number of rotatable bonds is 9. The van der Waals surface area contributed by atoms with Gasteiger partial charge in [-0.3, -0.25) is 19.3 Å². The Labute approximate surface area is 163 Å². The minimum atomic E-state index is -0.494. The van der Waals surface area contributed by atoms with Gasteiger partial charge in [-0.05, 0) is 56.9 Å². The van der Waals surface area contributed by atoms with Gasteiger partial charge in [0.1, 0.15) is 5.00 Å². The fourth-order valence-electron chi connectivity index (χ4n) is 3.52. The zero-order valence-corrected chi connectivity index (χ0v) is 16.5. The van der Waals surface area contributed by atoms with Crippen LogP contribution < -0.4 is 11.1 Å². The van der Waals surface area contributed by atoms with Crippen LogP contribution in [-0.2, 0) is 27.2 Å². The molecule has 1 aromatic heterocycles. The van der Waals surface area contributed by atoms with Crippen LogP contribution in [0.2, 0.25) is 0 Å². The molecule has 2 aliphatic carbocycles. The quantitative estimate of drug-likeness (QED) is 0.624. The van der Waals surface area contributed by atoms with Crippen molar-refractivity contribution in [1.82, 2.24) is 4.90 Å². The number of anilines is 1. The average molecular weight is 394 g/mol. The predicted octanol–water partition coefficient (Wildman–Crippen LogP) is 1.94. The third kappa shape index (κ3) is 5.29. The number of esters is 1. The van der Waals surface area contributed by atoms with Crippen molar-refractivity contribution in [3.63, 3.8) is 0 Å². The van der Waals surface area contributed by atoms with Gasteiger partial charge in [0.25, 0.3) is 5.91 Å². The summed E-state index contributed by atoms with van der Waals surface area (Å²) in [4.78, 5) is 39.3. The monoisotopic (exact) mass is 393 g/mol. The highest BCUT2D eigenvalue weighted by Crippen LogP contribution is 2.38. The zero-order chi connectivity index (χ0) is 19.4. The second-order valence-corrected chi connectivity index (χ2v) is 8.35. The van der Waals surface area contributed by atoms with Gasteiger partial charge >= 0.3 is 5.97 Å². The van der Waals surface area contributed by atoms with Crippen LogP contribution in [0.1, 0.15) is 53.4 Å². The number of aryl methyl sites for hydroxylation is 1. The molecule has 8 heteroatoms. The molecule has 0 radical (unpaired) electrons. The van der Waals surface area contributed by atoms with Crippen molar-refractivity contribution in [2.75, 3.05) is 31.6 Å². The summed E-state index contributed by atoms with van der Waals surface area (Å²) in [5.41, 5.74) is 7.03. The number of amides is 2. The fraction of sp³-hybridized carbons (Fsp3) is 0.632. The summed E-state index contributed by atoms with van der Waals surface area (Å²) in [5, 5.41) is 3.41. The Morgan fingerprint density at radius 3 is 2.63 bits per heavy atom. The lowest BCUT2D eigenvalue weighted by atomic mass is 9.95. The largest absolute Gasteiger partial charge is 0.465 e. The van der Waals surface area contributed by atoms with Crippen molar-refractivity contribution >= 4 is 34.1 Å². The molecule has 2 aliphatic rings. The summed E-state index contributed by atoms with van der Waals surface area (Å²) in [6.45, 7) is 2.98.